The number of hydrogen-bond acceptors (Lipinski definition) is 1. The molecule has 0 atom stereocenters. The lowest BCUT2D eigenvalue weighted by atomic mass is 10.0. The van der Waals surface area contributed by atoms with E-state index in [1.807, 2.05) is 0 Å². The van der Waals surface area contributed by atoms with E-state index >= 15 is 0 Å². The Morgan fingerprint density at radius 1 is 1.07 bits per heavy atom. The molecule has 2 aromatic carbocycles. The van der Waals surface area contributed by atoms with Gasteiger partial charge in [0, 0.05) is 4.47 Å². The lowest BCUT2D eigenvalue weighted by Crippen LogP contribution is -2.00. The number of fused-ring (bicyclic) bond motifs is 1. The van der Waals surface area contributed by atoms with Crippen molar-refractivity contribution >= 4 is 26.7 Å². The monoisotopic (exact) mass is 263 g/mol. The maximum absolute atomic E-state index is 5.52. The van der Waals surface area contributed by atoms with E-state index in [-0.39, 0.29) is 0 Å². The summed E-state index contributed by atoms with van der Waals surface area (Å²) in [6, 6.07) is 12.8. The van der Waals surface area contributed by atoms with E-state index in [0.717, 1.165) is 19.4 Å². The van der Waals surface area contributed by atoms with Gasteiger partial charge in [-0.3, -0.25) is 0 Å². The van der Waals surface area contributed by atoms with Crippen molar-refractivity contribution in [1.82, 2.24) is 0 Å². The Morgan fingerprint density at radius 2 is 1.87 bits per heavy atom. The predicted molar refractivity (Wildman–Crippen MR) is 69.0 cm³/mol. The number of nitrogens with two attached hydrogens (primary N) is 1. The average Bonchev–Trinajstić information content (AvgIpc) is 2.29. The highest BCUT2D eigenvalue weighted by Crippen LogP contribution is 2.28. The summed E-state index contributed by atoms with van der Waals surface area (Å²) in [6.45, 7) is 0.749. The van der Waals surface area contributed by atoms with Gasteiger partial charge in [0.2, 0.25) is 0 Å². The quantitative estimate of drug-likeness (QED) is 0.902. The third kappa shape index (κ3) is 2.21. The molecule has 2 rings (SSSR count). The second-order valence-corrected chi connectivity index (χ2v) is 4.45. The van der Waals surface area contributed by atoms with Gasteiger partial charge in [-0.2, -0.15) is 0 Å². The molecule has 0 saturated carbocycles. The van der Waals surface area contributed by atoms with Gasteiger partial charge >= 0.3 is 0 Å². The van der Waals surface area contributed by atoms with E-state index < -0.39 is 0 Å². The summed E-state index contributed by atoms with van der Waals surface area (Å²) >= 11 is 3.67. The average molecular weight is 264 g/mol. The number of rotatable bonds is 3. The van der Waals surface area contributed by atoms with Crippen LogP contribution >= 0.6 is 15.9 Å². The highest BCUT2D eigenvalue weighted by Gasteiger charge is 2.03. The molecule has 2 N–H and O–H groups in total. The van der Waals surface area contributed by atoms with Crippen LogP contribution in [0, 0.1) is 0 Å². The molecular weight excluding hydrogens is 250 g/mol. The van der Waals surface area contributed by atoms with Crippen molar-refractivity contribution in [3.05, 3.63) is 46.4 Å². The molecule has 2 aromatic rings. The Kier molecular flexibility index (Phi) is 3.39. The van der Waals surface area contributed by atoms with Crippen LogP contribution in [-0.4, -0.2) is 6.54 Å². The summed E-state index contributed by atoms with van der Waals surface area (Å²) in [6.07, 6.45) is 2.08. The minimum absolute atomic E-state index is 0.749. The normalized spacial score (nSPS) is 10.8. The Hall–Kier alpha value is -0.860. The first-order valence-electron chi connectivity index (χ1n) is 5.19. The number of benzene rings is 2. The SMILES string of the molecule is NCCCc1ccc2ccccc2c1Br. The van der Waals surface area contributed by atoms with Crippen molar-refractivity contribution in [2.75, 3.05) is 6.54 Å². The molecule has 1 nitrogen and oxygen atoms in total. The van der Waals surface area contributed by atoms with Crippen LogP contribution in [0.2, 0.25) is 0 Å². The Labute approximate surface area is 98.4 Å². The molecule has 15 heavy (non-hydrogen) atoms. The fraction of sp³-hybridized carbons (Fsp3) is 0.231. The van der Waals surface area contributed by atoms with E-state index in [1.165, 1.54) is 20.8 Å². The first-order chi connectivity index (χ1) is 7.33. The lowest BCUT2D eigenvalue weighted by molar-refractivity contribution is 0.831. The first-order valence-corrected chi connectivity index (χ1v) is 5.98. The van der Waals surface area contributed by atoms with Crippen LogP contribution in [0.15, 0.2) is 40.9 Å². The van der Waals surface area contributed by atoms with Crippen molar-refractivity contribution in [2.45, 2.75) is 12.8 Å². The van der Waals surface area contributed by atoms with Crippen LogP contribution < -0.4 is 5.73 Å². The third-order valence-electron chi connectivity index (χ3n) is 2.59. The molecule has 0 aliphatic carbocycles. The molecule has 0 unspecified atom stereocenters. The van der Waals surface area contributed by atoms with Gasteiger partial charge in [0.05, 0.1) is 0 Å². The molecular formula is C13H14BrN. The van der Waals surface area contributed by atoms with Crippen LogP contribution in [0.4, 0.5) is 0 Å². The minimum atomic E-state index is 0.749. The van der Waals surface area contributed by atoms with Crippen molar-refractivity contribution < 1.29 is 0 Å². The Morgan fingerprint density at radius 3 is 2.67 bits per heavy atom. The topological polar surface area (TPSA) is 26.0 Å². The van der Waals surface area contributed by atoms with Gasteiger partial charge in [-0.25, -0.2) is 0 Å². The van der Waals surface area contributed by atoms with Gasteiger partial charge in [-0.05, 0) is 51.7 Å². The number of hydrogen-bond donors (Lipinski definition) is 1. The zero-order chi connectivity index (χ0) is 10.7. The van der Waals surface area contributed by atoms with E-state index in [2.05, 4.69) is 52.3 Å². The summed E-state index contributed by atoms with van der Waals surface area (Å²) < 4.78 is 1.22. The van der Waals surface area contributed by atoms with Gasteiger partial charge in [0.15, 0.2) is 0 Å². The van der Waals surface area contributed by atoms with Crippen LogP contribution in [-0.2, 0) is 6.42 Å². The Balaban J connectivity index is 2.45. The molecule has 0 radical (unpaired) electrons. The molecule has 2 heteroatoms. The molecule has 0 aliphatic rings. The molecule has 0 bridgehead atoms. The lowest BCUT2D eigenvalue weighted by Gasteiger charge is -2.07. The van der Waals surface area contributed by atoms with Gasteiger partial charge in [0.1, 0.15) is 0 Å². The van der Waals surface area contributed by atoms with E-state index in [9.17, 15) is 0 Å². The van der Waals surface area contributed by atoms with Gasteiger partial charge < -0.3 is 5.73 Å². The second-order valence-electron chi connectivity index (χ2n) is 3.65. The number of aryl methyl sites for hydroxylation is 1. The second kappa shape index (κ2) is 4.77. The molecule has 0 saturated heterocycles. The summed E-state index contributed by atoms with van der Waals surface area (Å²) in [7, 11) is 0. The van der Waals surface area contributed by atoms with Crippen LogP contribution in [0.3, 0.4) is 0 Å². The molecule has 0 aromatic heterocycles. The molecule has 0 heterocycles. The fourth-order valence-corrected chi connectivity index (χ4v) is 2.46. The van der Waals surface area contributed by atoms with Crippen molar-refractivity contribution in [2.24, 2.45) is 5.73 Å². The molecule has 78 valence electrons. The first kappa shape index (κ1) is 10.7. The van der Waals surface area contributed by atoms with Gasteiger partial charge in [0.25, 0.3) is 0 Å². The number of halogens is 1. The summed E-state index contributed by atoms with van der Waals surface area (Å²) in [5.41, 5.74) is 6.87. The van der Waals surface area contributed by atoms with Crippen LogP contribution in [0.25, 0.3) is 10.8 Å². The highest BCUT2D eigenvalue weighted by molar-refractivity contribution is 9.10. The standard InChI is InChI=1S/C13H14BrN/c14-13-11(5-3-9-15)8-7-10-4-1-2-6-12(10)13/h1-2,4,6-8H,3,5,9,15H2. The minimum Gasteiger partial charge on any atom is -0.330 e. The Bertz CT molecular complexity index is 465. The molecule has 0 spiro atoms. The highest BCUT2D eigenvalue weighted by atomic mass is 79.9. The van der Waals surface area contributed by atoms with Gasteiger partial charge in [-0.15, -0.1) is 0 Å². The molecule has 0 amide bonds. The summed E-state index contributed by atoms with van der Waals surface area (Å²) in [5.74, 6) is 0. The van der Waals surface area contributed by atoms with Crippen molar-refractivity contribution in [3.8, 4) is 0 Å². The summed E-state index contributed by atoms with van der Waals surface area (Å²) in [5, 5.41) is 2.56. The predicted octanol–water partition coefficient (Wildman–Crippen LogP) is 3.49. The van der Waals surface area contributed by atoms with Crippen molar-refractivity contribution in [1.29, 1.82) is 0 Å². The van der Waals surface area contributed by atoms with Crippen LogP contribution in [0.1, 0.15) is 12.0 Å². The fourth-order valence-electron chi connectivity index (χ4n) is 1.76. The zero-order valence-electron chi connectivity index (χ0n) is 8.54. The maximum atomic E-state index is 5.52. The third-order valence-corrected chi connectivity index (χ3v) is 3.53. The van der Waals surface area contributed by atoms with E-state index in [1.54, 1.807) is 0 Å². The molecule has 0 aliphatic heterocycles. The molecule has 0 fully saturated rings. The maximum Gasteiger partial charge on any atom is 0.0285 e. The summed E-state index contributed by atoms with van der Waals surface area (Å²) in [4.78, 5) is 0. The van der Waals surface area contributed by atoms with Crippen LogP contribution in [0.5, 0.6) is 0 Å². The van der Waals surface area contributed by atoms with E-state index in [4.69, 9.17) is 5.73 Å². The zero-order valence-corrected chi connectivity index (χ0v) is 10.1. The smallest absolute Gasteiger partial charge is 0.0285 e. The van der Waals surface area contributed by atoms with E-state index in [0.29, 0.717) is 0 Å². The van der Waals surface area contributed by atoms with Gasteiger partial charge in [-0.1, -0.05) is 36.4 Å². The largest absolute Gasteiger partial charge is 0.330 e. The van der Waals surface area contributed by atoms with Crippen molar-refractivity contribution in [3.63, 3.8) is 0 Å².